The third-order valence-electron chi connectivity index (χ3n) is 2.85. The SMILES string of the molecule is CC(C)N(Cc1cccs1)CC(C)(C)C(=O)O. The number of carbonyl (C=O) groups is 1. The van der Waals surface area contributed by atoms with Gasteiger partial charge in [-0.3, -0.25) is 9.69 Å². The van der Waals surface area contributed by atoms with E-state index in [0.717, 1.165) is 6.54 Å². The van der Waals surface area contributed by atoms with Crippen LogP contribution in [0.4, 0.5) is 0 Å². The molecule has 0 radical (unpaired) electrons. The van der Waals surface area contributed by atoms with Crippen LogP contribution in [0.15, 0.2) is 17.5 Å². The first-order chi connectivity index (χ1) is 7.83. The molecule has 0 fully saturated rings. The summed E-state index contributed by atoms with van der Waals surface area (Å²) < 4.78 is 0. The Kier molecular flexibility index (Phi) is 4.71. The average Bonchev–Trinajstić information content (AvgIpc) is 2.68. The van der Waals surface area contributed by atoms with Gasteiger partial charge < -0.3 is 5.11 Å². The molecule has 0 saturated heterocycles. The molecule has 3 nitrogen and oxygen atoms in total. The third kappa shape index (κ3) is 4.13. The predicted octanol–water partition coefficient (Wildman–Crippen LogP) is 3.07. The predicted molar refractivity (Wildman–Crippen MR) is 71.3 cm³/mol. The van der Waals surface area contributed by atoms with E-state index in [0.29, 0.717) is 12.6 Å². The number of carboxylic acid groups (broad SMARTS) is 1. The van der Waals surface area contributed by atoms with Crippen molar-refractivity contribution in [2.75, 3.05) is 6.54 Å². The highest BCUT2D eigenvalue weighted by Gasteiger charge is 2.30. The van der Waals surface area contributed by atoms with Gasteiger partial charge in [0.25, 0.3) is 0 Å². The molecule has 0 spiro atoms. The Bertz CT molecular complexity index is 358. The van der Waals surface area contributed by atoms with Gasteiger partial charge in [0.05, 0.1) is 5.41 Å². The fourth-order valence-corrected chi connectivity index (χ4v) is 2.33. The van der Waals surface area contributed by atoms with Crippen molar-refractivity contribution < 1.29 is 9.90 Å². The highest BCUT2D eigenvalue weighted by Crippen LogP contribution is 2.21. The highest BCUT2D eigenvalue weighted by atomic mass is 32.1. The summed E-state index contributed by atoms with van der Waals surface area (Å²) >= 11 is 1.71. The fourth-order valence-electron chi connectivity index (χ4n) is 1.60. The number of aliphatic carboxylic acids is 1. The molecule has 0 aromatic carbocycles. The zero-order valence-electron chi connectivity index (χ0n) is 10.9. The molecule has 0 aliphatic heterocycles. The van der Waals surface area contributed by atoms with Crippen molar-refractivity contribution in [2.45, 2.75) is 40.3 Å². The molecule has 1 aromatic heterocycles. The summed E-state index contributed by atoms with van der Waals surface area (Å²) in [5.41, 5.74) is -0.707. The number of hydrogen-bond acceptors (Lipinski definition) is 3. The molecule has 0 bridgehead atoms. The maximum atomic E-state index is 11.2. The van der Waals surface area contributed by atoms with Crippen LogP contribution in [-0.4, -0.2) is 28.6 Å². The normalized spacial score (nSPS) is 12.4. The Balaban J connectivity index is 2.70. The highest BCUT2D eigenvalue weighted by molar-refractivity contribution is 7.09. The van der Waals surface area contributed by atoms with E-state index in [2.05, 4.69) is 30.2 Å². The van der Waals surface area contributed by atoms with Crippen molar-refractivity contribution in [3.63, 3.8) is 0 Å². The molecule has 0 aliphatic carbocycles. The first kappa shape index (κ1) is 14.2. The van der Waals surface area contributed by atoms with Crippen LogP contribution in [0.1, 0.15) is 32.6 Å². The van der Waals surface area contributed by atoms with E-state index in [1.54, 1.807) is 25.2 Å². The molecule has 96 valence electrons. The minimum atomic E-state index is -0.741. The summed E-state index contributed by atoms with van der Waals surface area (Å²) in [7, 11) is 0. The zero-order valence-corrected chi connectivity index (χ0v) is 11.8. The molecule has 0 saturated carbocycles. The molecule has 1 rings (SSSR count). The van der Waals surface area contributed by atoms with Gasteiger partial charge in [0.2, 0.25) is 0 Å². The minimum absolute atomic E-state index is 0.343. The molecular weight excluding hydrogens is 234 g/mol. The van der Waals surface area contributed by atoms with Crippen molar-refractivity contribution in [1.82, 2.24) is 4.90 Å². The van der Waals surface area contributed by atoms with E-state index >= 15 is 0 Å². The molecule has 17 heavy (non-hydrogen) atoms. The lowest BCUT2D eigenvalue weighted by Crippen LogP contribution is -2.42. The van der Waals surface area contributed by atoms with Crippen LogP contribution in [0.25, 0.3) is 0 Å². The Labute approximate surface area is 107 Å². The van der Waals surface area contributed by atoms with E-state index < -0.39 is 11.4 Å². The lowest BCUT2D eigenvalue weighted by atomic mass is 9.92. The van der Waals surface area contributed by atoms with E-state index in [4.69, 9.17) is 0 Å². The van der Waals surface area contributed by atoms with Crippen LogP contribution in [0.2, 0.25) is 0 Å². The lowest BCUT2D eigenvalue weighted by molar-refractivity contribution is -0.148. The van der Waals surface area contributed by atoms with Gasteiger partial charge in [-0.1, -0.05) is 6.07 Å². The van der Waals surface area contributed by atoms with E-state index in [-0.39, 0.29) is 0 Å². The van der Waals surface area contributed by atoms with Crippen LogP contribution in [0.3, 0.4) is 0 Å². The van der Waals surface area contributed by atoms with Crippen LogP contribution in [-0.2, 0) is 11.3 Å². The standard InChI is InChI=1S/C13H21NO2S/c1-10(2)14(8-11-6-5-7-17-11)9-13(3,4)12(15)16/h5-7,10H,8-9H2,1-4H3,(H,15,16). The molecule has 0 atom stereocenters. The summed E-state index contributed by atoms with van der Waals surface area (Å²) in [5.74, 6) is -0.741. The smallest absolute Gasteiger partial charge is 0.310 e. The largest absolute Gasteiger partial charge is 0.481 e. The third-order valence-corrected chi connectivity index (χ3v) is 3.71. The molecule has 1 heterocycles. The van der Waals surface area contributed by atoms with Crippen molar-refractivity contribution in [3.05, 3.63) is 22.4 Å². The zero-order chi connectivity index (χ0) is 13.1. The van der Waals surface area contributed by atoms with E-state index in [9.17, 15) is 9.90 Å². The lowest BCUT2D eigenvalue weighted by Gasteiger charge is -2.32. The number of nitrogens with zero attached hydrogens (tertiary/aromatic N) is 1. The fraction of sp³-hybridized carbons (Fsp3) is 0.615. The quantitative estimate of drug-likeness (QED) is 0.849. The summed E-state index contributed by atoms with van der Waals surface area (Å²) in [6.07, 6.45) is 0. The number of hydrogen-bond donors (Lipinski definition) is 1. The monoisotopic (exact) mass is 255 g/mol. The first-order valence-electron chi connectivity index (χ1n) is 5.83. The van der Waals surface area contributed by atoms with Crippen molar-refractivity contribution >= 4 is 17.3 Å². The van der Waals surface area contributed by atoms with Gasteiger partial charge >= 0.3 is 5.97 Å². The Hall–Kier alpha value is -0.870. The molecule has 4 heteroatoms. The van der Waals surface area contributed by atoms with Crippen molar-refractivity contribution in [3.8, 4) is 0 Å². The molecule has 1 N–H and O–H groups in total. The molecule has 0 unspecified atom stereocenters. The summed E-state index contributed by atoms with van der Waals surface area (Å²) in [6, 6.07) is 4.46. The van der Waals surface area contributed by atoms with Crippen molar-refractivity contribution in [2.24, 2.45) is 5.41 Å². The van der Waals surface area contributed by atoms with Crippen LogP contribution < -0.4 is 0 Å². The van der Waals surface area contributed by atoms with Crippen molar-refractivity contribution in [1.29, 1.82) is 0 Å². The van der Waals surface area contributed by atoms with Crippen LogP contribution in [0.5, 0.6) is 0 Å². The summed E-state index contributed by atoms with van der Waals surface area (Å²) in [4.78, 5) is 14.6. The maximum absolute atomic E-state index is 11.2. The summed E-state index contributed by atoms with van der Waals surface area (Å²) in [5, 5.41) is 11.2. The Morgan fingerprint density at radius 3 is 2.59 bits per heavy atom. The van der Waals surface area contributed by atoms with Crippen LogP contribution in [0, 0.1) is 5.41 Å². The van der Waals surface area contributed by atoms with Crippen LogP contribution >= 0.6 is 11.3 Å². The van der Waals surface area contributed by atoms with Gasteiger partial charge in [-0.15, -0.1) is 11.3 Å². The van der Waals surface area contributed by atoms with Gasteiger partial charge in [0.15, 0.2) is 0 Å². The maximum Gasteiger partial charge on any atom is 0.310 e. The van der Waals surface area contributed by atoms with Gasteiger partial charge in [-0.2, -0.15) is 0 Å². The second kappa shape index (κ2) is 5.65. The van der Waals surface area contributed by atoms with Gasteiger partial charge in [-0.05, 0) is 39.1 Å². The van der Waals surface area contributed by atoms with E-state index in [1.165, 1.54) is 4.88 Å². The van der Waals surface area contributed by atoms with E-state index in [1.807, 2.05) is 6.07 Å². The Morgan fingerprint density at radius 2 is 2.18 bits per heavy atom. The number of carboxylic acids is 1. The first-order valence-corrected chi connectivity index (χ1v) is 6.71. The topological polar surface area (TPSA) is 40.5 Å². The number of rotatable bonds is 6. The Morgan fingerprint density at radius 1 is 1.53 bits per heavy atom. The minimum Gasteiger partial charge on any atom is -0.481 e. The second-order valence-corrected chi connectivity index (χ2v) is 6.30. The molecular formula is C13H21NO2S. The molecule has 0 aliphatic rings. The van der Waals surface area contributed by atoms with Gasteiger partial charge in [0, 0.05) is 24.0 Å². The van der Waals surface area contributed by atoms with Gasteiger partial charge in [-0.25, -0.2) is 0 Å². The second-order valence-electron chi connectivity index (χ2n) is 5.27. The molecule has 1 aromatic rings. The average molecular weight is 255 g/mol. The van der Waals surface area contributed by atoms with Gasteiger partial charge in [0.1, 0.15) is 0 Å². The summed E-state index contributed by atoms with van der Waals surface area (Å²) in [6.45, 7) is 9.15. The molecule has 0 amide bonds. The number of thiophene rings is 1.